The van der Waals surface area contributed by atoms with Crippen molar-refractivity contribution in [2.75, 3.05) is 0 Å². The van der Waals surface area contributed by atoms with Gasteiger partial charge in [0.2, 0.25) is 6.29 Å². The minimum atomic E-state index is -1.78. The van der Waals surface area contributed by atoms with Gasteiger partial charge in [-0.1, -0.05) is 11.6 Å². The molecule has 0 aliphatic carbocycles. The van der Waals surface area contributed by atoms with Crippen molar-refractivity contribution in [2.45, 2.75) is 30.7 Å². The van der Waals surface area contributed by atoms with Gasteiger partial charge in [0.25, 0.3) is 0 Å². The Balaban J connectivity index is 1.93. The van der Waals surface area contributed by atoms with E-state index in [-0.39, 0.29) is 5.75 Å². The zero-order chi connectivity index (χ0) is 17.6. The van der Waals surface area contributed by atoms with Crippen LogP contribution in [-0.4, -0.2) is 62.1 Å². The molecule has 0 bridgehead atoms. The van der Waals surface area contributed by atoms with Gasteiger partial charge in [-0.15, -0.1) is 0 Å². The Morgan fingerprint density at radius 3 is 2.62 bits per heavy atom. The van der Waals surface area contributed by atoms with Crippen LogP contribution in [0.1, 0.15) is 0 Å². The summed E-state index contributed by atoms with van der Waals surface area (Å²) in [7, 11) is 0. The number of carboxylic acid groups (broad SMARTS) is 1. The Morgan fingerprint density at radius 1 is 1.25 bits per heavy atom. The standard InChI is InChI=1S/C14H13BrClNO7/c15-4-1-2-5-7(8(4)16)6(3-17-5)23-14-11(20)9(18)10(19)12(24-14)13(21)22/h1-3,9-12,14,17-20H,(H,21,22)/t9-,10-,11+,12-,14+/m1/s1. The molecule has 1 saturated heterocycles. The molecule has 2 aromatic rings. The summed E-state index contributed by atoms with van der Waals surface area (Å²) in [6.45, 7) is 0. The van der Waals surface area contributed by atoms with Crippen LogP contribution in [0.2, 0.25) is 5.02 Å². The number of aliphatic hydroxyl groups excluding tert-OH is 3. The first-order chi connectivity index (χ1) is 11.3. The average molecular weight is 423 g/mol. The smallest absolute Gasteiger partial charge is 0.335 e. The molecule has 0 spiro atoms. The van der Waals surface area contributed by atoms with E-state index < -0.39 is 36.7 Å². The number of nitrogens with one attached hydrogen (secondary N) is 1. The SMILES string of the molecule is O=C(O)[C@@H]1O[C@H](Oc2c[nH]c3ccc(Br)c(Cl)c23)[C@@H](O)[C@H](O)[C@H]1O. The molecule has 5 atom stereocenters. The highest BCUT2D eigenvalue weighted by Crippen LogP contribution is 2.38. The molecule has 1 aromatic carbocycles. The number of fused-ring (bicyclic) bond motifs is 1. The second-order valence-electron chi connectivity index (χ2n) is 5.29. The van der Waals surface area contributed by atoms with E-state index >= 15 is 0 Å². The third-order valence-corrected chi connectivity index (χ3v) is 5.04. The lowest BCUT2D eigenvalue weighted by molar-refractivity contribution is -0.270. The van der Waals surface area contributed by atoms with Gasteiger partial charge in [0.1, 0.15) is 24.1 Å². The highest BCUT2D eigenvalue weighted by atomic mass is 79.9. The molecule has 0 saturated carbocycles. The number of hydrogen-bond donors (Lipinski definition) is 5. The Morgan fingerprint density at radius 2 is 1.96 bits per heavy atom. The maximum absolute atomic E-state index is 11.1. The summed E-state index contributed by atoms with van der Waals surface area (Å²) >= 11 is 9.51. The quantitative estimate of drug-likeness (QED) is 0.495. The molecule has 2 heterocycles. The number of aliphatic carboxylic acids is 1. The van der Waals surface area contributed by atoms with Crippen molar-refractivity contribution < 1.29 is 34.7 Å². The van der Waals surface area contributed by atoms with Gasteiger partial charge in [-0.2, -0.15) is 0 Å². The lowest BCUT2D eigenvalue weighted by Crippen LogP contribution is -2.61. The van der Waals surface area contributed by atoms with Gasteiger partial charge >= 0.3 is 5.97 Å². The van der Waals surface area contributed by atoms with E-state index in [1.807, 2.05) is 0 Å². The van der Waals surface area contributed by atoms with Gasteiger partial charge < -0.3 is 34.9 Å². The highest BCUT2D eigenvalue weighted by Gasteiger charge is 2.48. The third kappa shape index (κ3) is 2.87. The molecule has 8 nitrogen and oxygen atoms in total. The lowest BCUT2D eigenvalue weighted by atomic mass is 9.99. The van der Waals surface area contributed by atoms with Crippen LogP contribution in [-0.2, 0) is 9.53 Å². The van der Waals surface area contributed by atoms with Gasteiger partial charge in [-0.25, -0.2) is 4.79 Å². The van der Waals surface area contributed by atoms with Crippen LogP contribution < -0.4 is 4.74 Å². The van der Waals surface area contributed by atoms with E-state index in [2.05, 4.69) is 20.9 Å². The molecular formula is C14H13BrClNO7. The van der Waals surface area contributed by atoms with Crippen molar-refractivity contribution in [1.82, 2.24) is 4.98 Å². The Hall–Kier alpha value is -1.36. The summed E-state index contributed by atoms with van der Waals surface area (Å²) in [6, 6.07) is 3.48. The second-order valence-corrected chi connectivity index (χ2v) is 6.52. The van der Waals surface area contributed by atoms with Crippen molar-refractivity contribution in [3.8, 4) is 5.75 Å². The highest BCUT2D eigenvalue weighted by molar-refractivity contribution is 9.10. The van der Waals surface area contributed by atoms with Crippen molar-refractivity contribution in [2.24, 2.45) is 0 Å². The van der Waals surface area contributed by atoms with Crippen molar-refractivity contribution in [3.63, 3.8) is 0 Å². The van der Waals surface area contributed by atoms with Crippen LogP contribution in [0.3, 0.4) is 0 Å². The number of ether oxygens (including phenoxy) is 2. The molecule has 1 aromatic heterocycles. The molecule has 10 heteroatoms. The summed E-state index contributed by atoms with van der Waals surface area (Å²) in [5, 5.41) is 39.4. The lowest BCUT2D eigenvalue weighted by Gasteiger charge is -2.38. The minimum absolute atomic E-state index is 0.202. The molecule has 5 N–H and O–H groups in total. The Labute approximate surface area is 148 Å². The first kappa shape index (κ1) is 17.5. The summed E-state index contributed by atoms with van der Waals surface area (Å²) in [5.74, 6) is -1.28. The molecule has 1 aliphatic rings. The molecule has 1 aliphatic heterocycles. The van der Waals surface area contributed by atoms with Crippen LogP contribution in [0.15, 0.2) is 22.8 Å². The summed E-state index contributed by atoms with van der Waals surface area (Å²) in [6.07, 6.45) is -6.94. The molecule has 0 unspecified atom stereocenters. The molecule has 1 fully saturated rings. The normalized spacial score (nSPS) is 30.5. The summed E-state index contributed by atoms with van der Waals surface area (Å²) in [4.78, 5) is 14.0. The number of hydrogen-bond acceptors (Lipinski definition) is 6. The van der Waals surface area contributed by atoms with Crippen LogP contribution in [0, 0.1) is 0 Å². The van der Waals surface area contributed by atoms with E-state index in [0.717, 1.165) is 0 Å². The maximum Gasteiger partial charge on any atom is 0.335 e. The number of aliphatic hydroxyl groups is 3. The topological polar surface area (TPSA) is 132 Å². The van der Waals surface area contributed by atoms with Gasteiger partial charge in [0.05, 0.1) is 15.9 Å². The van der Waals surface area contributed by atoms with Gasteiger partial charge in [0, 0.05) is 10.7 Å². The predicted octanol–water partition coefficient (Wildman–Crippen LogP) is 0.855. The predicted molar refractivity (Wildman–Crippen MR) is 86.0 cm³/mol. The van der Waals surface area contributed by atoms with Crippen LogP contribution in [0.25, 0.3) is 10.9 Å². The van der Waals surface area contributed by atoms with Crippen LogP contribution in [0.4, 0.5) is 0 Å². The molecular weight excluding hydrogens is 410 g/mol. The van der Waals surface area contributed by atoms with Crippen LogP contribution in [0.5, 0.6) is 5.75 Å². The van der Waals surface area contributed by atoms with E-state index in [1.54, 1.807) is 12.1 Å². The van der Waals surface area contributed by atoms with Gasteiger partial charge in [-0.3, -0.25) is 0 Å². The number of rotatable bonds is 3. The average Bonchev–Trinajstić information content (AvgIpc) is 2.94. The van der Waals surface area contributed by atoms with Crippen molar-refractivity contribution >= 4 is 44.4 Å². The van der Waals surface area contributed by atoms with Gasteiger partial charge in [0.15, 0.2) is 6.10 Å². The van der Waals surface area contributed by atoms with E-state index in [9.17, 15) is 20.1 Å². The zero-order valence-corrected chi connectivity index (χ0v) is 14.2. The largest absolute Gasteiger partial charge is 0.479 e. The fraction of sp³-hybridized carbons (Fsp3) is 0.357. The number of carbonyl (C=O) groups is 1. The summed E-state index contributed by atoms with van der Waals surface area (Å²) in [5.41, 5.74) is 0.652. The number of aromatic amines is 1. The molecule has 0 amide bonds. The van der Waals surface area contributed by atoms with E-state index in [0.29, 0.717) is 20.4 Å². The fourth-order valence-electron chi connectivity index (χ4n) is 2.49. The van der Waals surface area contributed by atoms with Crippen LogP contribution >= 0.6 is 27.5 Å². The number of aromatic nitrogens is 1. The monoisotopic (exact) mass is 421 g/mol. The van der Waals surface area contributed by atoms with Crippen molar-refractivity contribution in [3.05, 3.63) is 27.8 Å². The van der Waals surface area contributed by atoms with Crippen molar-refractivity contribution in [1.29, 1.82) is 0 Å². The molecule has 24 heavy (non-hydrogen) atoms. The summed E-state index contributed by atoms with van der Waals surface area (Å²) < 4.78 is 11.2. The van der Waals surface area contributed by atoms with Gasteiger partial charge in [-0.05, 0) is 28.1 Å². The number of halogens is 2. The third-order valence-electron chi connectivity index (χ3n) is 3.76. The van der Waals surface area contributed by atoms with E-state index in [1.165, 1.54) is 6.20 Å². The fourth-order valence-corrected chi connectivity index (χ4v) is 3.08. The molecule has 0 radical (unpaired) electrons. The zero-order valence-electron chi connectivity index (χ0n) is 11.9. The minimum Gasteiger partial charge on any atom is -0.479 e. The Bertz CT molecular complexity index is 782. The first-order valence-electron chi connectivity index (χ1n) is 6.85. The molecule has 3 rings (SSSR count). The molecule has 130 valence electrons. The first-order valence-corrected chi connectivity index (χ1v) is 8.02. The number of benzene rings is 1. The Kier molecular flexibility index (Phi) is 4.73. The number of H-pyrrole nitrogens is 1. The number of carboxylic acids is 1. The maximum atomic E-state index is 11.1. The van der Waals surface area contributed by atoms with E-state index in [4.69, 9.17) is 26.2 Å². The second kappa shape index (κ2) is 6.51.